The second kappa shape index (κ2) is 8.25. The van der Waals surface area contributed by atoms with E-state index in [9.17, 15) is 4.79 Å². The average molecular weight is 368 g/mol. The van der Waals surface area contributed by atoms with Gasteiger partial charge in [-0.3, -0.25) is 0 Å². The lowest BCUT2D eigenvalue weighted by Crippen LogP contribution is -2.37. The third-order valence-corrected chi connectivity index (χ3v) is 3.97. The molecule has 4 nitrogen and oxygen atoms in total. The number of nitrogens with one attached hydrogen (secondary N) is 1. The molecule has 0 spiro atoms. The molecular weight excluding hydrogens is 347 g/mol. The molecule has 0 bridgehead atoms. The topological polar surface area (TPSA) is 41.6 Å². The molecule has 1 N–H and O–H groups in total. The van der Waals surface area contributed by atoms with Crippen LogP contribution in [0.2, 0.25) is 15.1 Å². The molecule has 0 aliphatic rings. The van der Waals surface area contributed by atoms with E-state index in [4.69, 9.17) is 39.5 Å². The molecule has 0 aliphatic heterocycles. The van der Waals surface area contributed by atoms with Gasteiger partial charge in [0, 0.05) is 37.3 Å². The van der Waals surface area contributed by atoms with Crippen LogP contribution >= 0.6 is 34.8 Å². The highest BCUT2D eigenvalue weighted by molar-refractivity contribution is 6.44. The molecule has 0 heterocycles. The first-order chi connectivity index (χ1) is 10.1. The van der Waals surface area contributed by atoms with Gasteiger partial charge in [0.25, 0.3) is 0 Å². The quantitative estimate of drug-likeness (QED) is 0.610. The molecule has 1 aromatic carbocycles. The number of ether oxygens (including phenoxy) is 1. The van der Waals surface area contributed by atoms with Gasteiger partial charge in [-0.15, -0.1) is 0 Å². The van der Waals surface area contributed by atoms with Gasteiger partial charge in [-0.1, -0.05) is 34.8 Å². The van der Waals surface area contributed by atoms with E-state index in [1.54, 1.807) is 19.2 Å². The number of nitrogens with zero attached hydrogens (tertiary/aromatic N) is 1. The summed E-state index contributed by atoms with van der Waals surface area (Å²) in [5.41, 5.74) is 0.247. The van der Waals surface area contributed by atoms with Crippen molar-refractivity contribution in [3.05, 3.63) is 32.8 Å². The number of carbonyl (C=O) groups excluding carboxylic acids is 1. The summed E-state index contributed by atoms with van der Waals surface area (Å²) in [4.78, 5) is 13.3. The maximum Gasteiger partial charge on any atom is 0.410 e. The smallest absolute Gasteiger partial charge is 0.410 e. The molecule has 0 saturated heterocycles. The zero-order valence-electron chi connectivity index (χ0n) is 13.2. The van der Waals surface area contributed by atoms with Gasteiger partial charge in [-0.05, 0) is 32.9 Å². The molecule has 124 valence electrons. The molecule has 0 saturated carbocycles. The minimum absolute atomic E-state index is 0.354. The zero-order chi connectivity index (χ0) is 16.9. The fraction of sp³-hybridized carbons (Fsp3) is 0.533. The van der Waals surface area contributed by atoms with Crippen molar-refractivity contribution in [2.75, 3.05) is 20.1 Å². The van der Waals surface area contributed by atoms with E-state index in [-0.39, 0.29) is 6.09 Å². The largest absolute Gasteiger partial charge is 0.444 e. The van der Waals surface area contributed by atoms with Crippen molar-refractivity contribution in [1.82, 2.24) is 10.2 Å². The van der Waals surface area contributed by atoms with Crippen LogP contribution in [0.4, 0.5) is 4.79 Å². The van der Waals surface area contributed by atoms with E-state index in [1.807, 2.05) is 20.8 Å². The number of rotatable bonds is 5. The molecule has 0 aromatic heterocycles. The van der Waals surface area contributed by atoms with Crippen LogP contribution in [-0.2, 0) is 11.3 Å². The van der Waals surface area contributed by atoms with Gasteiger partial charge in [0.05, 0.1) is 10.0 Å². The van der Waals surface area contributed by atoms with Gasteiger partial charge in [-0.25, -0.2) is 4.79 Å². The highest BCUT2D eigenvalue weighted by Crippen LogP contribution is 2.31. The number of benzene rings is 1. The lowest BCUT2D eigenvalue weighted by molar-refractivity contribution is 0.0300. The fourth-order valence-electron chi connectivity index (χ4n) is 1.62. The Morgan fingerprint density at radius 2 is 1.82 bits per heavy atom. The van der Waals surface area contributed by atoms with E-state index in [1.165, 1.54) is 4.90 Å². The van der Waals surface area contributed by atoms with Crippen molar-refractivity contribution >= 4 is 40.9 Å². The highest BCUT2D eigenvalue weighted by Gasteiger charge is 2.19. The lowest BCUT2D eigenvalue weighted by Gasteiger charge is -2.24. The number of carbonyl (C=O) groups is 1. The number of amides is 1. The summed E-state index contributed by atoms with van der Waals surface area (Å²) in [7, 11) is 1.69. The molecule has 0 aliphatic carbocycles. The molecule has 1 aromatic rings. The Kier molecular flexibility index (Phi) is 7.26. The van der Waals surface area contributed by atoms with E-state index in [0.717, 1.165) is 5.56 Å². The van der Waals surface area contributed by atoms with E-state index < -0.39 is 5.60 Å². The van der Waals surface area contributed by atoms with Crippen molar-refractivity contribution < 1.29 is 9.53 Å². The van der Waals surface area contributed by atoms with Crippen molar-refractivity contribution in [3.8, 4) is 0 Å². The third-order valence-electron chi connectivity index (χ3n) is 2.77. The summed E-state index contributed by atoms with van der Waals surface area (Å²) in [6.07, 6.45) is -0.354. The van der Waals surface area contributed by atoms with Crippen molar-refractivity contribution in [2.24, 2.45) is 0 Å². The number of likely N-dealkylation sites (N-methyl/N-ethyl adjacent to an activating group) is 1. The monoisotopic (exact) mass is 366 g/mol. The Bertz CT molecular complexity index is 530. The Hall–Kier alpha value is -0.680. The van der Waals surface area contributed by atoms with Crippen molar-refractivity contribution in [3.63, 3.8) is 0 Å². The molecule has 0 fully saturated rings. The lowest BCUT2D eigenvalue weighted by atomic mass is 10.2. The Morgan fingerprint density at radius 1 is 1.23 bits per heavy atom. The molecule has 0 radical (unpaired) electrons. The van der Waals surface area contributed by atoms with Crippen molar-refractivity contribution in [1.29, 1.82) is 0 Å². The van der Waals surface area contributed by atoms with Gasteiger partial charge in [-0.2, -0.15) is 0 Å². The molecule has 7 heteroatoms. The van der Waals surface area contributed by atoms with Crippen LogP contribution in [0.5, 0.6) is 0 Å². The number of halogens is 3. The molecule has 1 amide bonds. The predicted molar refractivity (Wildman–Crippen MR) is 92.0 cm³/mol. The average Bonchev–Trinajstić information content (AvgIpc) is 2.40. The number of hydrogen-bond donors (Lipinski definition) is 1. The third kappa shape index (κ3) is 6.21. The predicted octanol–water partition coefficient (Wildman–Crippen LogP) is 4.60. The van der Waals surface area contributed by atoms with Crippen molar-refractivity contribution in [2.45, 2.75) is 32.9 Å². The van der Waals surface area contributed by atoms with Gasteiger partial charge in [0.1, 0.15) is 5.60 Å². The summed E-state index contributed by atoms with van der Waals surface area (Å²) >= 11 is 18.2. The summed E-state index contributed by atoms with van der Waals surface area (Å²) in [5, 5.41) is 4.65. The van der Waals surface area contributed by atoms with Crippen LogP contribution in [0.25, 0.3) is 0 Å². The molecule has 1 rings (SSSR count). The standard InChI is InChI=1S/C15H21Cl3N2O2/c1-15(2,3)22-14(21)20(4)8-7-19-9-10-11(16)5-6-12(17)13(10)18/h5-6,19H,7-9H2,1-4H3. The van der Waals surface area contributed by atoms with E-state index in [2.05, 4.69) is 5.32 Å². The van der Waals surface area contributed by atoms with Crippen LogP contribution in [0.3, 0.4) is 0 Å². The Labute approximate surface area is 146 Å². The van der Waals surface area contributed by atoms with E-state index >= 15 is 0 Å². The van der Waals surface area contributed by atoms with Gasteiger partial charge in [0.15, 0.2) is 0 Å². The summed E-state index contributed by atoms with van der Waals surface area (Å²) in [6.45, 7) is 7.06. The first kappa shape index (κ1) is 19.4. The molecule has 0 unspecified atom stereocenters. The summed E-state index contributed by atoms with van der Waals surface area (Å²) in [5.74, 6) is 0. The van der Waals surface area contributed by atoms with Crippen LogP contribution in [0.15, 0.2) is 12.1 Å². The van der Waals surface area contributed by atoms with Gasteiger partial charge < -0.3 is 15.0 Å². The number of hydrogen-bond acceptors (Lipinski definition) is 3. The van der Waals surface area contributed by atoms with Crippen LogP contribution in [-0.4, -0.2) is 36.7 Å². The molecule has 22 heavy (non-hydrogen) atoms. The second-order valence-electron chi connectivity index (χ2n) is 5.90. The van der Waals surface area contributed by atoms with E-state index in [0.29, 0.717) is 34.7 Å². The van der Waals surface area contributed by atoms with Gasteiger partial charge in [0.2, 0.25) is 0 Å². The minimum atomic E-state index is -0.499. The minimum Gasteiger partial charge on any atom is -0.444 e. The normalized spacial score (nSPS) is 11.4. The summed E-state index contributed by atoms with van der Waals surface area (Å²) < 4.78 is 5.27. The molecule has 0 atom stereocenters. The van der Waals surface area contributed by atoms with Gasteiger partial charge >= 0.3 is 6.09 Å². The van der Waals surface area contributed by atoms with Crippen LogP contribution in [0.1, 0.15) is 26.3 Å². The first-order valence-electron chi connectivity index (χ1n) is 6.89. The fourth-order valence-corrected chi connectivity index (χ4v) is 2.30. The second-order valence-corrected chi connectivity index (χ2v) is 7.09. The molecular formula is C15H21Cl3N2O2. The maximum atomic E-state index is 11.8. The summed E-state index contributed by atoms with van der Waals surface area (Å²) in [6, 6.07) is 3.37. The highest BCUT2D eigenvalue weighted by atomic mass is 35.5. The van der Waals surface area contributed by atoms with Crippen LogP contribution in [0, 0.1) is 0 Å². The SMILES string of the molecule is CN(CCNCc1c(Cl)ccc(Cl)c1Cl)C(=O)OC(C)(C)C. The Morgan fingerprint density at radius 3 is 2.41 bits per heavy atom. The maximum absolute atomic E-state index is 11.8. The zero-order valence-corrected chi connectivity index (χ0v) is 15.4. The first-order valence-corrected chi connectivity index (χ1v) is 8.02. The van der Waals surface area contributed by atoms with Crippen LogP contribution < -0.4 is 5.32 Å². The Balaban J connectivity index is 2.43.